The Morgan fingerprint density at radius 2 is 1.80 bits per heavy atom. The van der Waals surface area contributed by atoms with Crippen LogP contribution >= 0.6 is 23.8 Å². The summed E-state index contributed by atoms with van der Waals surface area (Å²) in [5.74, 6) is -0.275. The number of aromatic nitrogens is 2. The molecule has 0 spiro atoms. The highest BCUT2D eigenvalue weighted by Crippen LogP contribution is 2.45. The molecule has 5 rings (SSSR count). The first-order valence-electron chi connectivity index (χ1n) is 13.5. The highest BCUT2D eigenvalue weighted by atomic mass is 35.5. The lowest BCUT2D eigenvalue weighted by Crippen LogP contribution is -2.29. The van der Waals surface area contributed by atoms with Crippen molar-refractivity contribution in [3.05, 3.63) is 105 Å². The van der Waals surface area contributed by atoms with Crippen molar-refractivity contribution in [3.63, 3.8) is 0 Å². The van der Waals surface area contributed by atoms with Gasteiger partial charge in [0, 0.05) is 30.4 Å². The molecule has 1 fully saturated rings. The lowest BCUT2D eigenvalue weighted by Gasteiger charge is -2.29. The summed E-state index contributed by atoms with van der Waals surface area (Å²) >= 11 is 12.6. The Hall–Kier alpha value is -3.72. The molecule has 0 radical (unpaired) electrons. The van der Waals surface area contributed by atoms with Crippen LogP contribution in [0.5, 0.6) is 0 Å². The predicted octanol–water partition coefficient (Wildman–Crippen LogP) is 6.83. The summed E-state index contributed by atoms with van der Waals surface area (Å²) in [6.07, 6.45) is 1.80. The molecule has 1 amide bonds. The monoisotopic (exact) mass is 587 g/mol. The first-order chi connectivity index (χ1) is 19.6. The van der Waals surface area contributed by atoms with E-state index in [-0.39, 0.29) is 24.6 Å². The molecule has 212 valence electrons. The van der Waals surface area contributed by atoms with Crippen molar-refractivity contribution < 1.29 is 9.53 Å². The standard InChI is InChI=1S/C32H34ClN5O2S/c1-18-13-19(2)30(20(3)14-18)37-21(4)15-24(22(37)5)31-29(27-9-7-8-12-34-27)36-32(41)38(31)23-10-11-26(25(33)16-23)35-28(39)17-40-6/h7-16,29,31H,17H2,1-6H3,(H,35,39)(H,36,41)/t29-,31-/m1/s1. The minimum Gasteiger partial charge on any atom is -0.375 e. The van der Waals surface area contributed by atoms with Crippen LogP contribution in [-0.4, -0.2) is 34.3 Å². The van der Waals surface area contributed by atoms with Crippen LogP contribution in [0, 0.1) is 34.6 Å². The van der Waals surface area contributed by atoms with E-state index in [9.17, 15) is 4.79 Å². The molecule has 2 aromatic carbocycles. The highest BCUT2D eigenvalue weighted by Gasteiger charge is 2.42. The van der Waals surface area contributed by atoms with E-state index in [1.165, 1.54) is 29.5 Å². The molecular formula is C32H34ClN5O2S. The normalized spacial score (nSPS) is 16.7. The molecule has 9 heteroatoms. The summed E-state index contributed by atoms with van der Waals surface area (Å²) in [5.41, 5.74) is 10.5. The fraction of sp³-hybridized carbons (Fsp3) is 0.281. The number of nitrogens with one attached hydrogen (secondary N) is 2. The van der Waals surface area contributed by atoms with Gasteiger partial charge in [-0.25, -0.2) is 0 Å². The van der Waals surface area contributed by atoms with Crippen LogP contribution in [0.25, 0.3) is 5.69 Å². The van der Waals surface area contributed by atoms with Gasteiger partial charge in [-0.1, -0.05) is 35.4 Å². The average Bonchev–Trinajstić information content (AvgIpc) is 3.41. The van der Waals surface area contributed by atoms with Gasteiger partial charge in [-0.3, -0.25) is 9.78 Å². The molecular weight excluding hydrogens is 554 g/mol. The van der Waals surface area contributed by atoms with E-state index in [1.807, 2.05) is 30.3 Å². The van der Waals surface area contributed by atoms with Gasteiger partial charge in [0.2, 0.25) is 5.91 Å². The van der Waals surface area contributed by atoms with E-state index in [4.69, 9.17) is 33.5 Å². The van der Waals surface area contributed by atoms with Crippen LogP contribution in [0.15, 0.2) is 60.8 Å². The van der Waals surface area contributed by atoms with Crippen LogP contribution in [0.1, 0.15) is 51.4 Å². The summed E-state index contributed by atoms with van der Waals surface area (Å²) < 4.78 is 7.27. The molecule has 2 N–H and O–H groups in total. The largest absolute Gasteiger partial charge is 0.375 e. The molecule has 41 heavy (non-hydrogen) atoms. The number of halogens is 1. The molecule has 7 nitrogen and oxygen atoms in total. The molecule has 3 heterocycles. The topological polar surface area (TPSA) is 71.4 Å². The van der Waals surface area contributed by atoms with Crippen molar-refractivity contribution >= 4 is 46.2 Å². The third-order valence-corrected chi connectivity index (χ3v) is 8.15. The van der Waals surface area contributed by atoms with Gasteiger partial charge in [0.25, 0.3) is 0 Å². The van der Waals surface area contributed by atoms with E-state index in [1.54, 1.807) is 12.3 Å². The number of carbonyl (C=O) groups is 1. The predicted molar refractivity (Wildman–Crippen MR) is 169 cm³/mol. The van der Waals surface area contributed by atoms with Gasteiger partial charge in [-0.15, -0.1) is 0 Å². The van der Waals surface area contributed by atoms with E-state index >= 15 is 0 Å². The minimum atomic E-state index is -0.275. The number of nitrogens with zero attached hydrogens (tertiary/aromatic N) is 3. The SMILES string of the molecule is COCC(=O)Nc1ccc(N2C(=S)N[C@H](c3ccccn3)[C@H]2c2cc(C)n(-c3c(C)cc(C)cc3C)c2C)cc1Cl. The summed E-state index contributed by atoms with van der Waals surface area (Å²) in [6, 6.07) is 17.8. The van der Waals surface area contributed by atoms with Gasteiger partial charge in [0.05, 0.1) is 34.2 Å². The van der Waals surface area contributed by atoms with Crippen molar-refractivity contribution in [2.75, 3.05) is 23.9 Å². The maximum atomic E-state index is 12.1. The molecule has 0 aliphatic carbocycles. The first-order valence-corrected chi connectivity index (χ1v) is 14.3. The van der Waals surface area contributed by atoms with Crippen molar-refractivity contribution in [1.29, 1.82) is 0 Å². The van der Waals surface area contributed by atoms with Crippen molar-refractivity contribution in [2.45, 2.75) is 46.7 Å². The molecule has 2 aromatic heterocycles. The van der Waals surface area contributed by atoms with Crippen LogP contribution in [-0.2, 0) is 9.53 Å². The minimum absolute atomic E-state index is 0.0540. The average molecular weight is 588 g/mol. The van der Waals surface area contributed by atoms with Crippen LogP contribution in [0.3, 0.4) is 0 Å². The van der Waals surface area contributed by atoms with E-state index < -0.39 is 0 Å². The van der Waals surface area contributed by atoms with Crippen LogP contribution in [0.2, 0.25) is 5.02 Å². The smallest absolute Gasteiger partial charge is 0.250 e. The van der Waals surface area contributed by atoms with Gasteiger partial charge in [-0.2, -0.15) is 0 Å². The zero-order chi connectivity index (χ0) is 29.4. The number of carbonyl (C=O) groups excluding carboxylic acids is 1. The van der Waals surface area contributed by atoms with Gasteiger partial charge in [0.1, 0.15) is 6.61 Å². The van der Waals surface area contributed by atoms with E-state index in [0.717, 1.165) is 28.3 Å². The summed E-state index contributed by atoms with van der Waals surface area (Å²) in [4.78, 5) is 18.9. The maximum Gasteiger partial charge on any atom is 0.250 e. The quantitative estimate of drug-likeness (QED) is 0.231. The fourth-order valence-electron chi connectivity index (χ4n) is 5.98. The van der Waals surface area contributed by atoms with Crippen molar-refractivity contribution in [1.82, 2.24) is 14.9 Å². The highest BCUT2D eigenvalue weighted by molar-refractivity contribution is 7.80. The number of rotatable bonds is 7. The number of pyridine rings is 1. The maximum absolute atomic E-state index is 12.1. The van der Waals surface area contributed by atoms with Crippen LogP contribution < -0.4 is 15.5 Å². The molecule has 0 saturated carbocycles. The molecule has 1 aliphatic rings. The fourth-order valence-corrected chi connectivity index (χ4v) is 6.55. The zero-order valence-corrected chi connectivity index (χ0v) is 25.7. The number of ether oxygens (including phenoxy) is 1. The van der Waals surface area contributed by atoms with Gasteiger partial charge in [-0.05, 0) is 99.9 Å². The van der Waals surface area contributed by atoms with Crippen molar-refractivity contribution in [2.24, 2.45) is 0 Å². The number of amides is 1. The Kier molecular flexibility index (Phi) is 8.18. The number of anilines is 2. The molecule has 4 aromatic rings. The molecule has 1 aliphatic heterocycles. The third-order valence-electron chi connectivity index (χ3n) is 7.53. The van der Waals surface area contributed by atoms with E-state index in [0.29, 0.717) is 15.8 Å². The number of hydrogen-bond donors (Lipinski definition) is 2. The lowest BCUT2D eigenvalue weighted by atomic mass is 9.96. The molecule has 0 bridgehead atoms. The lowest BCUT2D eigenvalue weighted by molar-refractivity contribution is -0.119. The Labute approximate surface area is 251 Å². The summed E-state index contributed by atoms with van der Waals surface area (Å²) in [5, 5.41) is 7.31. The van der Waals surface area contributed by atoms with Crippen LogP contribution in [0.4, 0.5) is 11.4 Å². The second-order valence-electron chi connectivity index (χ2n) is 10.6. The third kappa shape index (κ3) is 5.47. The number of benzene rings is 2. The first kappa shape index (κ1) is 28.8. The molecule has 1 saturated heterocycles. The Morgan fingerprint density at radius 1 is 1.07 bits per heavy atom. The summed E-state index contributed by atoms with van der Waals surface area (Å²) in [6.45, 7) is 10.7. The Morgan fingerprint density at radius 3 is 2.44 bits per heavy atom. The second kappa shape index (κ2) is 11.6. The van der Waals surface area contributed by atoms with Gasteiger partial charge in [0.15, 0.2) is 5.11 Å². The number of thiocarbonyl (C=S) groups is 1. The van der Waals surface area contributed by atoms with Gasteiger partial charge < -0.3 is 24.8 Å². The van der Waals surface area contributed by atoms with Gasteiger partial charge >= 0.3 is 0 Å². The summed E-state index contributed by atoms with van der Waals surface area (Å²) in [7, 11) is 1.47. The Balaban J connectivity index is 1.64. The Bertz CT molecular complexity index is 1610. The second-order valence-corrected chi connectivity index (χ2v) is 11.3. The number of aryl methyl sites for hydroxylation is 4. The van der Waals surface area contributed by atoms with Crippen molar-refractivity contribution in [3.8, 4) is 5.69 Å². The molecule has 2 atom stereocenters. The number of methoxy groups -OCH3 is 1. The number of hydrogen-bond acceptors (Lipinski definition) is 4. The molecule has 0 unspecified atom stereocenters. The van der Waals surface area contributed by atoms with E-state index in [2.05, 4.69) is 72.9 Å². The zero-order valence-electron chi connectivity index (χ0n) is 24.1.